The van der Waals surface area contributed by atoms with Crippen molar-refractivity contribution in [3.8, 4) is 5.75 Å². The third-order valence-corrected chi connectivity index (χ3v) is 15.2. The Balaban J connectivity index is 0.735. The smallest absolute Gasteiger partial charge is 0.340 e. The molecular formula is C45H65ClF3N9O20P2. The molecule has 2 aliphatic heterocycles. The molecule has 3 aromatic heterocycles. The highest BCUT2D eigenvalue weighted by atomic mass is 35.5. The van der Waals surface area contributed by atoms with Crippen LogP contribution in [0.5, 0.6) is 5.75 Å². The van der Waals surface area contributed by atoms with Gasteiger partial charge in [0.15, 0.2) is 29.4 Å². The van der Waals surface area contributed by atoms with Crippen LogP contribution in [0.4, 0.5) is 19.0 Å². The second-order valence-electron chi connectivity index (χ2n) is 17.7. The van der Waals surface area contributed by atoms with Crippen molar-refractivity contribution in [2.24, 2.45) is 0 Å². The third-order valence-electron chi connectivity index (χ3n) is 11.6. The van der Waals surface area contributed by atoms with Gasteiger partial charge in [-0.25, -0.2) is 22.5 Å². The van der Waals surface area contributed by atoms with Gasteiger partial charge in [0.05, 0.1) is 143 Å². The molecule has 35 heteroatoms. The van der Waals surface area contributed by atoms with Crippen LogP contribution in [0.2, 0.25) is 5.28 Å². The van der Waals surface area contributed by atoms with Crippen LogP contribution in [0.3, 0.4) is 0 Å². The van der Waals surface area contributed by atoms with Crippen LogP contribution in [-0.4, -0.2) is 221 Å². The first-order valence-corrected chi connectivity index (χ1v) is 29.2. The number of halogens is 4. The van der Waals surface area contributed by atoms with Crippen molar-refractivity contribution in [3.63, 3.8) is 0 Å². The van der Waals surface area contributed by atoms with Crippen LogP contribution in [0.1, 0.15) is 37.6 Å². The maximum Gasteiger partial charge on any atom is 0.340 e. The highest BCUT2D eigenvalue weighted by Crippen LogP contribution is 2.55. The Bertz CT molecular complexity index is 2640. The van der Waals surface area contributed by atoms with E-state index in [0.29, 0.717) is 115 Å². The van der Waals surface area contributed by atoms with E-state index in [9.17, 15) is 47.0 Å². The van der Waals surface area contributed by atoms with Crippen molar-refractivity contribution >= 4 is 55.5 Å². The minimum atomic E-state index is -4.91. The molecule has 2 fully saturated rings. The number of carbonyl (C=O) groups is 2. The molecule has 0 aliphatic carbocycles. The average Bonchev–Trinajstić information content (AvgIpc) is 4.19. The molecule has 6 rings (SSSR count). The Morgan fingerprint density at radius 1 is 0.787 bits per heavy atom. The lowest BCUT2D eigenvalue weighted by atomic mass is 10.0. The Morgan fingerprint density at radius 3 is 2.02 bits per heavy atom. The predicted octanol–water partition coefficient (Wildman–Crippen LogP) is 1.25. The summed E-state index contributed by atoms with van der Waals surface area (Å²) < 4.78 is 125. The minimum Gasteiger partial charge on any atom is -0.420 e. The molecule has 2 aliphatic rings. The van der Waals surface area contributed by atoms with E-state index in [4.69, 9.17) is 68.5 Å². The summed E-state index contributed by atoms with van der Waals surface area (Å²) >= 11 is 6.37. The number of esters is 1. The standard InChI is InChI=1S/C45H65ClF3N9O20P2/c46-45-52-41(32-25-51-58(42(32)53-45)44-39(61)38(60)36(77-44)28-76-80(66,67)29-79(63,64)65)57-6-2-1-3-35(57)43(62)50-5-9-69-12-15-72-19-20-74-21-22-75-27-31-26-56(55-54-31)7-10-70-13-16-73-18-17-71-14-11-68-8-4-37(59)78-40-33(48)23-30(47)24-34(40)49/h23-26,35-36,38-39,44,60-61H,1-22,27-29H2,(H,50,62)(H,66,67)(H2,63,64,65)/t35-,36+,38+,39+,44+/m0/s1. The Morgan fingerprint density at radius 2 is 1.39 bits per heavy atom. The average molecular weight is 1210 g/mol. The van der Waals surface area contributed by atoms with Crippen LogP contribution >= 0.6 is 26.8 Å². The van der Waals surface area contributed by atoms with Gasteiger partial charge in [0.25, 0.3) is 0 Å². The maximum absolute atomic E-state index is 13.6. The summed E-state index contributed by atoms with van der Waals surface area (Å²) in [6.07, 6.45) is -1.22. The molecule has 448 valence electrons. The zero-order valence-electron chi connectivity index (χ0n) is 43.2. The molecule has 1 aromatic carbocycles. The molecule has 1 unspecified atom stereocenters. The monoisotopic (exact) mass is 1210 g/mol. The molecule has 2 saturated heterocycles. The summed E-state index contributed by atoms with van der Waals surface area (Å²) in [6, 6.07) is 0.182. The second kappa shape index (κ2) is 33.0. The lowest BCUT2D eigenvalue weighted by Gasteiger charge is -2.35. The van der Waals surface area contributed by atoms with Gasteiger partial charge in [-0.2, -0.15) is 15.1 Å². The number of piperidine rings is 1. The number of fused-ring (bicyclic) bond motifs is 1. The molecule has 0 saturated carbocycles. The molecule has 0 spiro atoms. The minimum absolute atomic E-state index is 0.0668. The number of hydrogen-bond donors (Lipinski definition) is 6. The topological polar surface area (TPSA) is 361 Å². The fraction of sp³-hybridized carbons (Fsp3) is 0.667. The summed E-state index contributed by atoms with van der Waals surface area (Å²) in [6.45, 7) is 4.78. The number of benzene rings is 1. The van der Waals surface area contributed by atoms with E-state index in [1.165, 1.54) is 6.20 Å². The van der Waals surface area contributed by atoms with Crippen molar-refractivity contribution < 1.29 is 109 Å². The number of aliphatic hydroxyl groups is 2. The number of rotatable bonds is 38. The van der Waals surface area contributed by atoms with Gasteiger partial charge in [-0.05, 0) is 30.9 Å². The van der Waals surface area contributed by atoms with E-state index in [0.717, 1.165) is 17.5 Å². The molecule has 0 bridgehead atoms. The predicted molar refractivity (Wildman–Crippen MR) is 269 cm³/mol. The molecule has 6 atom stereocenters. The fourth-order valence-corrected chi connectivity index (χ4v) is 10.6. The summed E-state index contributed by atoms with van der Waals surface area (Å²) in [5.41, 5.74) is 0.733. The number of amides is 1. The molecule has 0 radical (unpaired) electrons. The molecule has 4 aromatic rings. The Labute approximate surface area is 460 Å². The van der Waals surface area contributed by atoms with Crippen molar-refractivity contribution in [3.05, 3.63) is 53.0 Å². The third kappa shape index (κ3) is 21.4. The van der Waals surface area contributed by atoms with E-state index in [2.05, 4.69) is 35.4 Å². The lowest BCUT2D eigenvalue weighted by Crippen LogP contribution is -2.50. The zero-order valence-corrected chi connectivity index (χ0v) is 45.8. The van der Waals surface area contributed by atoms with E-state index in [1.54, 1.807) is 15.8 Å². The summed E-state index contributed by atoms with van der Waals surface area (Å²) in [4.78, 5) is 63.7. The van der Waals surface area contributed by atoms with Crippen molar-refractivity contribution in [1.29, 1.82) is 0 Å². The van der Waals surface area contributed by atoms with Gasteiger partial charge in [-0.1, -0.05) is 5.21 Å². The number of ether oxygens (including phenoxy) is 10. The van der Waals surface area contributed by atoms with E-state index >= 15 is 0 Å². The molecule has 6 N–H and O–H groups in total. The summed E-state index contributed by atoms with van der Waals surface area (Å²) in [5.74, 6) is -7.09. The number of aromatic nitrogens is 7. The highest BCUT2D eigenvalue weighted by molar-refractivity contribution is 7.70. The highest BCUT2D eigenvalue weighted by Gasteiger charge is 2.46. The van der Waals surface area contributed by atoms with Gasteiger partial charge in [0, 0.05) is 25.2 Å². The van der Waals surface area contributed by atoms with Crippen LogP contribution in [-0.2, 0) is 79.0 Å². The Hall–Kier alpha value is -4.41. The zero-order chi connectivity index (χ0) is 57.5. The molecule has 1 amide bonds. The molecule has 5 heterocycles. The van der Waals surface area contributed by atoms with Crippen molar-refractivity contribution in [2.75, 3.05) is 130 Å². The van der Waals surface area contributed by atoms with Crippen molar-refractivity contribution in [1.82, 2.24) is 40.1 Å². The number of nitrogens with one attached hydrogen (secondary N) is 1. The number of carbonyl (C=O) groups excluding carboxylic acids is 2. The normalized spacial score (nSPS) is 19.5. The van der Waals surface area contributed by atoms with Crippen LogP contribution < -0.4 is 15.0 Å². The number of anilines is 1. The number of hydrogen-bond acceptors (Lipinski definition) is 23. The van der Waals surface area contributed by atoms with Crippen LogP contribution in [0.25, 0.3) is 11.0 Å². The Kier molecular flexibility index (Phi) is 26.7. The quantitative estimate of drug-likeness (QED) is 0.0121. The fourth-order valence-electron chi connectivity index (χ4n) is 7.86. The first-order valence-electron chi connectivity index (χ1n) is 25.2. The van der Waals surface area contributed by atoms with Gasteiger partial charge in [0.1, 0.15) is 41.7 Å². The van der Waals surface area contributed by atoms with Gasteiger partial charge in [-0.15, -0.1) is 5.10 Å². The number of aliphatic hydroxyl groups excluding tert-OH is 2. The molecule has 29 nitrogen and oxygen atoms in total. The van der Waals surface area contributed by atoms with E-state index < -0.39 is 87.5 Å². The first kappa shape index (κ1) is 64.8. The largest absolute Gasteiger partial charge is 0.420 e. The van der Waals surface area contributed by atoms with Crippen LogP contribution in [0.15, 0.2) is 24.5 Å². The SMILES string of the molecule is O=C(CCOCCOCCOCCOCCn1cc(COCCOCCOCCOCCNC(=O)[C@@H]2CCCCN2c2nc(Cl)nc3c2cnn3[C@@H]2O[C@H](COP(=O)(O)CP(=O)(O)O)[C@@H](O)[C@H]2O)nn1)Oc1c(F)cc(F)cc1F. The van der Waals surface area contributed by atoms with Gasteiger partial charge < -0.3 is 87.0 Å². The van der Waals surface area contributed by atoms with Gasteiger partial charge >= 0.3 is 21.2 Å². The molecule has 80 heavy (non-hydrogen) atoms. The van der Waals surface area contributed by atoms with Gasteiger partial charge in [-0.3, -0.25) is 18.7 Å². The van der Waals surface area contributed by atoms with Crippen LogP contribution in [0, 0.1) is 17.5 Å². The van der Waals surface area contributed by atoms with E-state index in [-0.39, 0.29) is 69.4 Å². The first-order chi connectivity index (χ1) is 38.4. The van der Waals surface area contributed by atoms with Crippen molar-refractivity contribution in [2.45, 2.75) is 69.4 Å². The van der Waals surface area contributed by atoms with E-state index in [1.807, 2.05) is 0 Å². The molecular weight excluding hydrogens is 1140 g/mol. The second-order valence-corrected chi connectivity index (χ2v) is 22.0. The summed E-state index contributed by atoms with van der Waals surface area (Å²) in [7, 11) is -9.70. The van der Waals surface area contributed by atoms with Gasteiger partial charge in [0.2, 0.25) is 16.9 Å². The maximum atomic E-state index is 13.6. The number of nitrogens with zero attached hydrogens (tertiary/aromatic N) is 8. The summed E-state index contributed by atoms with van der Waals surface area (Å²) in [5, 5.41) is 37.0. The lowest BCUT2D eigenvalue weighted by molar-refractivity contribution is -0.136.